The van der Waals surface area contributed by atoms with Gasteiger partial charge in [0.1, 0.15) is 0 Å². The second kappa shape index (κ2) is 6.80. The van der Waals surface area contributed by atoms with Crippen LogP contribution in [0, 0.1) is 18.3 Å². The monoisotopic (exact) mass is 286 g/mol. The normalized spacial score (nSPS) is 21.1. The molecule has 5 nitrogen and oxygen atoms in total. The lowest BCUT2D eigenvalue weighted by Gasteiger charge is -2.27. The summed E-state index contributed by atoms with van der Waals surface area (Å²) in [6, 6.07) is 6.57. The van der Waals surface area contributed by atoms with Crippen molar-refractivity contribution in [2.24, 2.45) is 5.92 Å². The van der Waals surface area contributed by atoms with Gasteiger partial charge in [-0.2, -0.15) is 0 Å². The largest absolute Gasteiger partial charge is 0.481 e. The molecule has 2 rings (SSSR count). The Morgan fingerprint density at radius 1 is 1.33 bits per heavy atom. The van der Waals surface area contributed by atoms with Crippen LogP contribution in [-0.4, -0.2) is 23.1 Å². The van der Waals surface area contributed by atoms with Crippen molar-refractivity contribution in [3.63, 3.8) is 0 Å². The summed E-state index contributed by atoms with van der Waals surface area (Å²) in [5, 5.41) is 14.6. The molecule has 21 heavy (non-hydrogen) atoms. The number of hydrogen-bond acceptors (Lipinski definition) is 2. The topological polar surface area (TPSA) is 78.4 Å². The fourth-order valence-electron chi connectivity index (χ4n) is 2.58. The molecule has 0 aromatic heterocycles. The number of carboxylic acid groups (broad SMARTS) is 1. The SMILES string of the molecule is C#Cc1cccc(NC(=O)NC2CCCC(C(=O)O)C2)c1. The number of anilines is 1. The number of urea groups is 1. The lowest BCUT2D eigenvalue weighted by Crippen LogP contribution is -2.42. The van der Waals surface area contributed by atoms with Crippen LogP contribution in [0.3, 0.4) is 0 Å². The summed E-state index contributed by atoms with van der Waals surface area (Å²) in [6.07, 6.45) is 8.09. The number of carboxylic acids is 1. The maximum Gasteiger partial charge on any atom is 0.319 e. The van der Waals surface area contributed by atoms with Crippen molar-refractivity contribution in [3.05, 3.63) is 29.8 Å². The third-order valence-corrected chi connectivity index (χ3v) is 3.65. The summed E-state index contributed by atoms with van der Waals surface area (Å²) in [7, 11) is 0. The molecule has 1 fully saturated rings. The van der Waals surface area contributed by atoms with Gasteiger partial charge in [0.15, 0.2) is 0 Å². The van der Waals surface area contributed by atoms with Crippen molar-refractivity contribution in [2.45, 2.75) is 31.7 Å². The lowest BCUT2D eigenvalue weighted by molar-refractivity contribution is -0.143. The van der Waals surface area contributed by atoms with Crippen LogP contribution in [0.25, 0.3) is 0 Å². The fraction of sp³-hybridized carbons (Fsp3) is 0.375. The quantitative estimate of drug-likeness (QED) is 0.747. The van der Waals surface area contributed by atoms with Gasteiger partial charge in [0, 0.05) is 17.3 Å². The van der Waals surface area contributed by atoms with E-state index in [1.807, 2.05) is 0 Å². The summed E-state index contributed by atoms with van der Waals surface area (Å²) in [6.45, 7) is 0. The standard InChI is InChI=1S/C16H18N2O3/c1-2-11-5-3-7-13(9-11)17-16(21)18-14-8-4-6-12(10-14)15(19)20/h1,3,5,7,9,12,14H,4,6,8,10H2,(H,19,20)(H2,17,18,21). The fourth-order valence-corrected chi connectivity index (χ4v) is 2.58. The molecule has 0 radical (unpaired) electrons. The molecule has 2 amide bonds. The van der Waals surface area contributed by atoms with Gasteiger partial charge in [-0.15, -0.1) is 6.42 Å². The minimum atomic E-state index is -0.788. The van der Waals surface area contributed by atoms with E-state index in [9.17, 15) is 9.59 Å². The molecule has 0 spiro atoms. The van der Waals surface area contributed by atoms with E-state index < -0.39 is 5.97 Å². The van der Waals surface area contributed by atoms with Gasteiger partial charge in [0.2, 0.25) is 0 Å². The molecule has 1 saturated carbocycles. The zero-order valence-corrected chi connectivity index (χ0v) is 11.6. The van der Waals surface area contributed by atoms with Crippen LogP contribution >= 0.6 is 0 Å². The number of hydrogen-bond donors (Lipinski definition) is 3. The molecule has 1 aromatic rings. The van der Waals surface area contributed by atoms with Gasteiger partial charge >= 0.3 is 12.0 Å². The number of amides is 2. The Bertz CT molecular complexity index is 577. The smallest absolute Gasteiger partial charge is 0.319 e. The van der Waals surface area contributed by atoms with Crippen molar-refractivity contribution >= 4 is 17.7 Å². The molecular formula is C16H18N2O3. The molecule has 110 valence electrons. The highest BCUT2D eigenvalue weighted by atomic mass is 16.4. The second-order valence-electron chi connectivity index (χ2n) is 5.22. The van der Waals surface area contributed by atoms with Gasteiger partial charge < -0.3 is 15.7 Å². The highest BCUT2D eigenvalue weighted by Crippen LogP contribution is 2.24. The number of carbonyl (C=O) groups is 2. The minimum absolute atomic E-state index is 0.101. The van der Waals surface area contributed by atoms with Crippen molar-refractivity contribution < 1.29 is 14.7 Å². The van der Waals surface area contributed by atoms with Crippen LogP contribution in [0.15, 0.2) is 24.3 Å². The number of nitrogens with one attached hydrogen (secondary N) is 2. The predicted octanol–water partition coefficient (Wildman–Crippen LogP) is 2.43. The van der Waals surface area contributed by atoms with Crippen LogP contribution in [0.2, 0.25) is 0 Å². The number of carbonyl (C=O) groups excluding carboxylic acids is 1. The Morgan fingerprint density at radius 3 is 2.86 bits per heavy atom. The van der Waals surface area contributed by atoms with Crippen LogP contribution in [-0.2, 0) is 4.79 Å². The molecule has 2 atom stereocenters. The Hall–Kier alpha value is -2.48. The summed E-state index contributed by atoms with van der Waals surface area (Å²) in [5.74, 6) is 1.35. The first kappa shape index (κ1) is 14.9. The average Bonchev–Trinajstić information content (AvgIpc) is 2.47. The van der Waals surface area contributed by atoms with Gasteiger partial charge in [0.05, 0.1) is 5.92 Å². The molecule has 1 aromatic carbocycles. The van der Waals surface area contributed by atoms with Crippen LogP contribution in [0.4, 0.5) is 10.5 Å². The summed E-state index contributed by atoms with van der Waals surface area (Å²) in [4.78, 5) is 22.9. The highest BCUT2D eigenvalue weighted by Gasteiger charge is 2.27. The lowest BCUT2D eigenvalue weighted by atomic mass is 9.86. The molecule has 1 aliphatic carbocycles. The van der Waals surface area contributed by atoms with Crippen LogP contribution in [0.5, 0.6) is 0 Å². The number of terminal acetylenes is 1. The van der Waals surface area contributed by atoms with Crippen LogP contribution < -0.4 is 10.6 Å². The highest BCUT2D eigenvalue weighted by molar-refractivity contribution is 5.89. The Kier molecular flexibility index (Phi) is 4.83. The molecule has 0 bridgehead atoms. The van der Waals surface area contributed by atoms with E-state index in [2.05, 4.69) is 16.6 Å². The van der Waals surface area contributed by atoms with Gasteiger partial charge in [-0.1, -0.05) is 18.4 Å². The number of aliphatic carboxylic acids is 1. The molecule has 5 heteroatoms. The molecule has 2 unspecified atom stereocenters. The number of benzene rings is 1. The maximum atomic E-state index is 11.9. The first-order valence-electron chi connectivity index (χ1n) is 6.95. The molecule has 3 N–H and O–H groups in total. The van der Waals surface area contributed by atoms with Crippen molar-refractivity contribution in [3.8, 4) is 12.3 Å². The van der Waals surface area contributed by atoms with Gasteiger partial charge in [-0.05, 0) is 37.5 Å². The van der Waals surface area contributed by atoms with E-state index in [0.29, 0.717) is 24.1 Å². The molecule has 0 heterocycles. The minimum Gasteiger partial charge on any atom is -0.481 e. The van der Waals surface area contributed by atoms with E-state index in [1.54, 1.807) is 24.3 Å². The van der Waals surface area contributed by atoms with Crippen molar-refractivity contribution in [1.82, 2.24) is 5.32 Å². The van der Waals surface area contributed by atoms with Crippen LogP contribution in [0.1, 0.15) is 31.2 Å². The Labute approximate surface area is 123 Å². The Morgan fingerprint density at radius 2 is 2.14 bits per heavy atom. The van der Waals surface area contributed by atoms with Gasteiger partial charge in [-0.25, -0.2) is 4.79 Å². The molecule has 1 aliphatic rings. The van der Waals surface area contributed by atoms with Crippen molar-refractivity contribution in [2.75, 3.05) is 5.32 Å². The van der Waals surface area contributed by atoms with Gasteiger partial charge in [0.25, 0.3) is 0 Å². The van der Waals surface area contributed by atoms with E-state index in [4.69, 9.17) is 11.5 Å². The second-order valence-corrected chi connectivity index (χ2v) is 5.22. The molecular weight excluding hydrogens is 268 g/mol. The van der Waals surface area contributed by atoms with E-state index in [0.717, 1.165) is 12.8 Å². The summed E-state index contributed by atoms with van der Waals surface area (Å²) < 4.78 is 0. The van der Waals surface area contributed by atoms with E-state index in [1.165, 1.54) is 0 Å². The summed E-state index contributed by atoms with van der Waals surface area (Å²) >= 11 is 0. The zero-order valence-electron chi connectivity index (χ0n) is 11.6. The maximum absolute atomic E-state index is 11.9. The first-order valence-corrected chi connectivity index (χ1v) is 6.95. The number of rotatable bonds is 3. The van der Waals surface area contributed by atoms with E-state index in [-0.39, 0.29) is 18.0 Å². The molecule has 0 aliphatic heterocycles. The third kappa shape index (κ3) is 4.25. The first-order chi connectivity index (χ1) is 10.1. The zero-order chi connectivity index (χ0) is 15.2. The average molecular weight is 286 g/mol. The van der Waals surface area contributed by atoms with Crippen molar-refractivity contribution in [1.29, 1.82) is 0 Å². The Balaban J connectivity index is 1.89. The predicted molar refractivity (Wildman–Crippen MR) is 79.9 cm³/mol. The summed E-state index contributed by atoms with van der Waals surface area (Å²) in [5.41, 5.74) is 1.31. The van der Waals surface area contributed by atoms with Gasteiger partial charge in [-0.3, -0.25) is 4.79 Å². The third-order valence-electron chi connectivity index (χ3n) is 3.65. The van der Waals surface area contributed by atoms with E-state index >= 15 is 0 Å². The molecule has 0 saturated heterocycles.